The van der Waals surface area contributed by atoms with Crippen molar-refractivity contribution in [3.05, 3.63) is 58.8 Å². The van der Waals surface area contributed by atoms with Crippen molar-refractivity contribution in [3.8, 4) is 17.2 Å². The molecule has 0 aliphatic carbocycles. The van der Waals surface area contributed by atoms with Crippen LogP contribution >= 0.6 is 0 Å². The number of ketones is 1. The molecule has 1 fully saturated rings. The van der Waals surface area contributed by atoms with Crippen molar-refractivity contribution in [2.45, 2.75) is 38.8 Å². The molecule has 1 atom stereocenters. The van der Waals surface area contributed by atoms with Crippen molar-refractivity contribution in [2.24, 2.45) is 0 Å². The number of hydrogen-bond acceptors (Lipinski definition) is 5. The highest BCUT2D eigenvalue weighted by Crippen LogP contribution is 2.40. The van der Waals surface area contributed by atoms with Crippen LogP contribution in [-0.4, -0.2) is 35.5 Å². The van der Waals surface area contributed by atoms with Crippen LogP contribution in [0.25, 0.3) is 6.08 Å². The Hall–Kier alpha value is -2.79. The second-order valence-electron chi connectivity index (χ2n) is 7.47. The fraction of sp³-hybridized carbons (Fsp3) is 0.348. The Kier molecular flexibility index (Phi) is 5.09. The lowest BCUT2D eigenvalue weighted by molar-refractivity contribution is 0.101. The van der Waals surface area contributed by atoms with E-state index in [1.165, 1.54) is 6.42 Å². The number of aromatic hydroxyl groups is 1. The van der Waals surface area contributed by atoms with Gasteiger partial charge >= 0.3 is 0 Å². The molecule has 0 unspecified atom stereocenters. The van der Waals surface area contributed by atoms with Gasteiger partial charge in [0.25, 0.3) is 0 Å². The largest absolute Gasteiger partial charge is 0.507 e. The molecule has 0 bridgehead atoms. The second-order valence-corrected chi connectivity index (χ2v) is 7.47. The van der Waals surface area contributed by atoms with Crippen LogP contribution in [-0.2, 0) is 6.54 Å². The lowest BCUT2D eigenvalue weighted by Gasteiger charge is -2.33. The number of carbonyl (C=O) groups is 1. The summed E-state index contributed by atoms with van der Waals surface area (Å²) in [4.78, 5) is 15.2. The molecule has 2 aliphatic heterocycles. The molecule has 5 heteroatoms. The Morgan fingerprint density at radius 2 is 2.14 bits per heavy atom. The summed E-state index contributed by atoms with van der Waals surface area (Å²) in [5.41, 5.74) is 2.02. The third-order valence-corrected chi connectivity index (χ3v) is 5.61. The van der Waals surface area contributed by atoms with Crippen LogP contribution in [0.2, 0.25) is 0 Å². The van der Waals surface area contributed by atoms with E-state index < -0.39 is 0 Å². The molecule has 0 radical (unpaired) electrons. The lowest BCUT2D eigenvalue weighted by atomic mass is 10.0. The summed E-state index contributed by atoms with van der Waals surface area (Å²) in [5.74, 6) is 1.48. The van der Waals surface area contributed by atoms with Crippen molar-refractivity contribution >= 4 is 11.9 Å². The standard InChI is InChI=1S/C23H25NO4/c1-15-6-3-4-11-24(15)14-19-20(25)10-9-18-22(26)21(28-23(18)19)13-16-7-5-8-17(12-16)27-2/h5,7-10,12-13,15,25H,3-4,6,11,14H2,1-2H3/b21-13-/t15-/m1/s1. The van der Waals surface area contributed by atoms with Crippen LogP contribution in [0.15, 0.2) is 42.2 Å². The van der Waals surface area contributed by atoms with Crippen molar-refractivity contribution in [3.63, 3.8) is 0 Å². The fourth-order valence-electron chi connectivity index (χ4n) is 3.93. The van der Waals surface area contributed by atoms with Gasteiger partial charge < -0.3 is 14.6 Å². The first-order chi connectivity index (χ1) is 13.6. The monoisotopic (exact) mass is 379 g/mol. The minimum atomic E-state index is -0.161. The first-order valence-electron chi connectivity index (χ1n) is 9.74. The van der Waals surface area contributed by atoms with Gasteiger partial charge in [0.15, 0.2) is 5.76 Å². The molecule has 0 saturated carbocycles. The van der Waals surface area contributed by atoms with Gasteiger partial charge in [0.05, 0.1) is 18.2 Å². The number of rotatable bonds is 4. The molecule has 5 nitrogen and oxygen atoms in total. The normalized spacial score (nSPS) is 20.9. The van der Waals surface area contributed by atoms with E-state index in [0.29, 0.717) is 29.5 Å². The van der Waals surface area contributed by atoms with E-state index in [1.54, 1.807) is 25.3 Å². The highest BCUT2D eigenvalue weighted by Gasteiger charge is 2.32. The van der Waals surface area contributed by atoms with Gasteiger partial charge in [0.2, 0.25) is 5.78 Å². The number of allylic oxidation sites excluding steroid dienone is 1. The average molecular weight is 379 g/mol. The molecular formula is C23H25NO4. The summed E-state index contributed by atoms with van der Waals surface area (Å²) in [6.45, 7) is 3.78. The van der Waals surface area contributed by atoms with E-state index in [9.17, 15) is 9.90 Å². The first kappa shape index (κ1) is 18.6. The van der Waals surface area contributed by atoms with Crippen molar-refractivity contribution in [2.75, 3.05) is 13.7 Å². The number of carbonyl (C=O) groups excluding carboxylic acids is 1. The number of benzene rings is 2. The Bertz CT molecular complexity index is 934. The van der Waals surface area contributed by atoms with Crippen LogP contribution in [0.3, 0.4) is 0 Å². The van der Waals surface area contributed by atoms with Gasteiger partial charge in [0, 0.05) is 12.6 Å². The van der Waals surface area contributed by atoms with Crippen LogP contribution < -0.4 is 9.47 Å². The minimum absolute atomic E-state index is 0.161. The van der Waals surface area contributed by atoms with E-state index in [0.717, 1.165) is 30.7 Å². The van der Waals surface area contributed by atoms with E-state index in [-0.39, 0.29) is 17.3 Å². The lowest BCUT2D eigenvalue weighted by Crippen LogP contribution is -2.36. The predicted octanol–water partition coefficient (Wildman–Crippen LogP) is 4.39. The number of likely N-dealkylation sites (tertiary alicyclic amines) is 1. The number of Topliss-reactive ketones (excluding diaryl/α,β-unsaturated/α-hetero) is 1. The van der Waals surface area contributed by atoms with Crippen LogP contribution in [0.1, 0.15) is 47.7 Å². The third kappa shape index (κ3) is 3.50. The summed E-state index contributed by atoms with van der Waals surface area (Å²) in [6.07, 6.45) is 5.26. The zero-order chi connectivity index (χ0) is 19.7. The number of fused-ring (bicyclic) bond motifs is 1. The average Bonchev–Trinajstić information content (AvgIpc) is 3.01. The predicted molar refractivity (Wildman–Crippen MR) is 108 cm³/mol. The number of phenolic OH excluding ortho intramolecular Hbond substituents is 1. The van der Waals surface area contributed by atoms with Crippen LogP contribution in [0.4, 0.5) is 0 Å². The van der Waals surface area contributed by atoms with E-state index in [1.807, 2.05) is 24.3 Å². The summed E-state index contributed by atoms with van der Waals surface area (Å²) >= 11 is 0. The molecule has 0 amide bonds. The Morgan fingerprint density at radius 1 is 1.29 bits per heavy atom. The molecule has 1 N–H and O–H groups in total. The quantitative estimate of drug-likeness (QED) is 0.799. The Balaban J connectivity index is 1.65. The number of ether oxygens (including phenoxy) is 2. The highest BCUT2D eigenvalue weighted by molar-refractivity contribution is 6.15. The number of piperidine rings is 1. The van der Waals surface area contributed by atoms with Gasteiger partial charge in [-0.2, -0.15) is 0 Å². The molecule has 2 aliphatic rings. The second kappa shape index (κ2) is 7.68. The zero-order valence-electron chi connectivity index (χ0n) is 16.3. The van der Waals surface area contributed by atoms with Gasteiger partial charge in [-0.15, -0.1) is 0 Å². The first-order valence-corrected chi connectivity index (χ1v) is 9.74. The molecule has 2 aromatic carbocycles. The minimum Gasteiger partial charge on any atom is -0.507 e. The molecule has 2 heterocycles. The van der Waals surface area contributed by atoms with Gasteiger partial charge in [0.1, 0.15) is 17.2 Å². The Labute approximate surface area is 165 Å². The molecule has 0 spiro atoms. The van der Waals surface area contributed by atoms with E-state index in [2.05, 4.69) is 11.8 Å². The number of methoxy groups -OCH3 is 1. The van der Waals surface area contributed by atoms with Crippen LogP contribution in [0.5, 0.6) is 17.2 Å². The maximum atomic E-state index is 12.9. The molecule has 0 aromatic heterocycles. The SMILES string of the molecule is COc1cccc(/C=C2\Oc3c(ccc(O)c3CN3CCCC[C@H]3C)C2=O)c1. The summed E-state index contributed by atoms with van der Waals surface area (Å²) in [6, 6.07) is 11.1. The molecule has 2 aromatic rings. The van der Waals surface area contributed by atoms with Gasteiger partial charge in [-0.3, -0.25) is 9.69 Å². The fourth-order valence-corrected chi connectivity index (χ4v) is 3.93. The molecule has 146 valence electrons. The van der Waals surface area contributed by atoms with Gasteiger partial charge in [-0.05, 0) is 62.2 Å². The number of hydrogen-bond donors (Lipinski definition) is 1. The van der Waals surface area contributed by atoms with Crippen LogP contribution in [0, 0.1) is 0 Å². The molecule has 1 saturated heterocycles. The zero-order valence-corrected chi connectivity index (χ0v) is 16.3. The number of nitrogens with zero attached hydrogens (tertiary/aromatic N) is 1. The Morgan fingerprint density at radius 3 is 2.93 bits per heavy atom. The van der Waals surface area contributed by atoms with E-state index >= 15 is 0 Å². The van der Waals surface area contributed by atoms with Crippen molar-refractivity contribution < 1.29 is 19.4 Å². The van der Waals surface area contributed by atoms with Gasteiger partial charge in [-0.1, -0.05) is 18.6 Å². The number of phenols is 1. The summed E-state index contributed by atoms with van der Waals surface area (Å²) in [7, 11) is 1.61. The summed E-state index contributed by atoms with van der Waals surface area (Å²) in [5, 5.41) is 10.5. The molecule has 4 rings (SSSR count). The van der Waals surface area contributed by atoms with Crippen molar-refractivity contribution in [1.82, 2.24) is 4.90 Å². The van der Waals surface area contributed by atoms with Crippen molar-refractivity contribution in [1.29, 1.82) is 0 Å². The molecular weight excluding hydrogens is 354 g/mol. The van der Waals surface area contributed by atoms with E-state index in [4.69, 9.17) is 9.47 Å². The topological polar surface area (TPSA) is 59.0 Å². The summed E-state index contributed by atoms with van der Waals surface area (Å²) < 4.78 is 11.2. The maximum absolute atomic E-state index is 12.9. The smallest absolute Gasteiger partial charge is 0.231 e. The maximum Gasteiger partial charge on any atom is 0.231 e. The van der Waals surface area contributed by atoms with Gasteiger partial charge in [-0.25, -0.2) is 0 Å². The molecule has 28 heavy (non-hydrogen) atoms. The highest BCUT2D eigenvalue weighted by atomic mass is 16.5. The third-order valence-electron chi connectivity index (χ3n) is 5.61.